The maximum absolute atomic E-state index is 12.9. The van der Waals surface area contributed by atoms with Crippen LogP contribution in [0.2, 0.25) is 0 Å². The van der Waals surface area contributed by atoms with Crippen LogP contribution in [0, 0.1) is 5.82 Å². The Bertz CT molecular complexity index is 677. The molecule has 2 aromatic carbocycles. The predicted molar refractivity (Wildman–Crippen MR) is 95.1 cm³/mol. The molecule has 0 aromatic heterocycles. The largest absolute Gasteiger partial charge is 0.369 e. The summed E-state index contributed by atoms with van der Waals surface area (Å²) in [6.45, 7) is 7.50. The van der Waals surface area contributed by atoms with Crippen LogP contribution in [-0.2, 0) is 0 Å². The van der Waals surface area contributed by atoms with E-state index >= 15 is 0 Å². The summed E-state index contributed by atoms with van der Waals surface area (Å²) in [7, 11) is 0. The molecular formula is C19H22FN3O. The number of benzene rings is 2. The Hall–Kier alpha value is -2.40. The highest BCUT2D eigenvalue weighted by atomic mass is 19.1. The average molecular weight is 327 g/mol. The van der Waals surface area contributed by atoms with Gasteiger partial charge in [-0.1, -0.05) is 6.92 Å². The third kappa shape index (κ3) is 3.92. The molecule has 1 N–H and O–H groups in total. The molecule has 1 amide bonds. The van der Waals surface area contributed by atoms with Crippen molar-refractivity contribution in [1.29, 1.82) is 0 Å². The standard InChI is InChI=1S/C19H22FN3O/c1-2-22-11-13-23(14-12-22)18-9-7-17(8-10-18)21-19(24)15-3-5-16(20)6-4-15/h3-10H,2,11-14H2,1H3,(H,21,24). The minimum atomic E-state index is -0.348. The molecule has 126 valence electrons. The lowest BCUT2D eigenvalue weighted by Crippen LogP contribution is -2.46. The molecule has 2 aromatic rings. The number of hydrogen-bond donors (Lipinski definition) is 1. The summed E-state index contributed by atoms with van der Waals surface area (Å²) in [6.07, 6.45) is 0. The van der Waals surface area contributed by atoms with Crippen molar-refractivity contribution < 1.29 is 9.18 Å². The van der Waals surface area contributed by atoms with E-state index in [0.29, 0.717) is 5.56 Å². The highest BCUT2D eigenvalue weighted by molar-refractivity contribution is 6.04. The van der Waals surface area contributed by atoms with Crippen LogP contribution in [0.4, 0.5) is 15.8 Å². The van der Waals surface area contributed by atoms with Gasteiger partial charge in [-0.25, -0.2) is 4.39 Å². The second kappa shape index (κ2) is 7.45. The van der Waals surface area contributed by atoms with Crippen molar-refractivity contribution in [2.45, 2.75) is 6.92 Å². The molecule has 5 heteroatoms. The van der Waals surface area contributed by atoms with E-state index in [0.717, 1.165) is 38.4 Å². The molecule has 0 unspecified atom stereocenters. The first-order valence-electron chi connectivity index (χ1n) is 8.30. The fourth-order valence-electron chi connectivity index (χ4n) is 2.88. The minimum Gasteiger partial charge on any atom is -0.369 e. The van der Waals surface area contributed by atoms with Crippen molar-refractivity contribution in [3.8, 4) is 0 Å². The van der Waals surface area contributed by atoms with Gasteiger partial charge < -0.3 is 15.1 Å². The van der Waals surface area contributed by atoms with Gasteiger partial charge in [-0.3, -0.25) is 4.79 Å². The third-order valence-corrected chi connectivity index (χ3v) is 4.42. The van der Waals surface area contributed by atoms with Crippen LogP contribution < -0.4 is 10.2 Å². The summed E-state index contributed by atoms with van der Waals surface area (Å²) in [5, 5.41) is 2.84. The lowest BCUT2D eigenvalue weighted by molar-refractivity contribution is 0.102. The van der Waals surface area contributed by atoms with Gasteiger partial charge in [0.25, 0.3) is 5.91 Å². The third-order valence-electron chi connectivity index (χ3n) is 4.42. The van der Waals surface area contributed by atoms with Crippen LogP contribution in [0.5, 0.6) is 0 Å². The SMILES string of the molecule is CCN1CCN(c2ccc(NC(=O)c3ccc(F)cc3)cc2)CC1. The van der Waals surface area contributed by atoms with Crippen LogP contribution in [0.3, 0.4) is 0 Å². The number of anilines is 2. The molecule has 1 fully saturated rings. The number of amides is 1. The van der Waals surface area contributed by atoms with E-state index < -0.39 is 0 Å². The fraction of sp³-hybridized carbons (Fsp3) is 0.316. The average Bonchev–Trinajstić information content (AvgIpc) is 2.63. The lowest BCUT2D eigenvalue weighted by atomic mass is 10.2. The van der Waals surface area contributed by atoms with Crippen molar-refractivity contribution in [3.63, 3.8) is 0 Å². The van der Waals surface area contributed by atoms with Gasteiger partial charge in [0.2, 0.25) is 0 Å². The molecule has 0 radical (unpaired) electrons. The summed E-state index contributed by atoms with van der Waals surface area (Å²) in [4.78, 5) is 16.9. The number of halogens is 1. The van der Waals surface area contributed by atoms with Crippen molar-refractivity contribution in [2.24, 2.45) is 0 Å². The van der Waals surface area contributed by atoms with Crippen LogP contribution in [0.25, 0.3) is 0 Å². The normalized spacial score (nSPS) is 15.3. The number of likely N-dealkylation sites (N-methyl/N-ethyl adjacent to an activating group) is 1. The van der Waals surface area contributed by atoms with Crippen molar-refractivity contribution in [1.82, 2.24) is 4.90 Å². The number of nitrogens with one attached hydrogen (secondary N) is 1. The molecule has 0 atom stereocenters. The first-order valence-corrected chi connectivity index (χ1v) is 8.30. The lowest BCUT2D eigenvalue weighted by Gasteiger charge is -2.35. The van der Waals surface area contributed by atoms with Gasteiger partial charge in [0.05, 0.1) is 0 Å². The number of piperazine rings is 1. The molecule has 0 spiro atoms. The first-order chi connectivity index (χ1) is 11.7. The van der Waals surface area contributed by atoms with E-state index in [4.69, 9.17) is 0 Å². The zero-order valence-corrected chi connectivity index (χ0v) is 13.8. The van der Waals surface area contributed by atoms with Gasteiger partial charge in [0.1, 0.15) is 5.82 Å². The number of rotatable bonds is 4. The van der Waals surface area contributed by atoms with Gasteiger partial charge in [0.15, 0.2) is 0 Å². The number of hydrogen-bond acceptors (Lipinski definition) is 3. The van der Waals surface area contributed by atoms with Gasteiger partial charge in [-0.05, 0) is 55.1 Å². The van der Waals surface area contributed by atoms with Crippen molar-refractivity contribution in [2.75, 3.05) is 42.9 Å². The smallest absolute Gasteiger partial charge is 0.255 e. The van der Waals surface area contributed by atoms with Crippen molar-refractivity contribution in [3.05, 3.63) is 59.9 Å². The molecule has 1 heterocycles. The highest BCUT2D eigenvalue weighted by Crippen LogP contribution is 2.20. The minimum absolute atomic E-state index is 0.237. The number of carbonyl (C=O) groups excluding carboxylic acids is 1. The Morgan fingerprint density at radius 1 is 1.00 bits per heavy atom. The summed E-state index contributed by atoms with van der Waals surface area (Å²) in [5.41, 5.74) is 2.35. The second-order valence-electron chi connectivity index (χ2n) is 5.93. The van der Waals surface area contributed by atoms with E-state index in [1.165, 1.54) is 30.0 Å². The number of carbonyl (C=O) groups is 1. The first kappa shape index (κ1) is 16.5. The van der Waals surface area contributed by atoms with Gasteiger partial charge >= 0.3 is 0 Å². The van der Waals surface area contributed by atoms with Gasteiger partial charge in [-0.2, -0.15) is 0 Å². The van der Waals surface area contributed by atoms with E-state index in [1.807, 2.05) is 24.3 Å². The van der Waals surface area contributed by atoms with Crippen molar-refractivity contribution >= 4 is 17.3 Å². The van der Waals surface area contributed by atoms with E-state index in [9.17, 15) is 9.18 Å². The van der Waals surface area contributed by atoms with Gasteiger partial charge in [-0.15, -0.1) is 0 Å². The summed E-state index contributed by atoms with van der Waals surface area (Å²) >= 11 is 0. The molecule has 0 aliphatic carbocycles. The Morgan fingerprint density at radius 3 is 2.21 bits per heavy atom. The molecule has 24 heavy (non-hydrogen) atoms. The maximum Gasteiger partial charge on any atom is 0.255 e. The Morgan fingerprint density at radius 2 is 1.62 bits per heavy atom. The predicted octanol–water partition coefficient (Wildman–Crippen LogP) is 3.22. The van der Waals surface area contributed by atoms with Gasteiger partial charge in [0, 0.05) is 43.1 Å². The summed E-state index contributed by atoms with van der Waals surface area (Å²) < 4.78 is 12.9. The summed E-state index contributed by atoms with van der Waals surface area (Å²) in [6, 6.07) is 13.4. The van der Waals surface area contributed by atoms with Crippen LogP contribution >= 0.6 is 0 Å². The Balaban J connectivity index is 1.60. The molecular weight excluding hydrogens is 305 g/mol. The molecule has 4 nitrogen and oxygen atoms in total. The Kier molecular flexibility index (Phi) is 5.11. The molecule has 1 saturated heterocycles. The fourth-order valence-corrected chi connectivity index (χ4v) is 2.88. The highest BCUT2D eigenvalue weighted by Gasteiger charge is 2.15. The molecule has 0 saturated carbocycles. The Labute approximate surface area is 141 Å². The van der Waals surface area contributed by atoms with E-state index in [1.54, 1.807) is 0 Å². The van der Waals surface area contributed by atoms with Crippen LogP contribution in [-0.4, -0.2) is 43.5 Å². The molecule has 1 aliphatic rings. The quantitative estimate of drug-likeness (QED) is 0.936. The van der Waals surface area contributed by atoms with Crippen LogP contribution in [0.15, 0.2) is 48.5 Å². The molecule has 3 rings (SSSR count). The van der Waals surface area contributed by atoms with E-state index in [2.05, 4.69) is 22.0 Å². The topological polar surface area (TPSA) is 35.6 Å². The number of nitrogens with zero attached hydrogens (tertiary/aromatic N) is 2. The zero-order chi connectivity index (χ0) is 16.9. The zero-order valence-electron chi connectivity index (χ0n) is 13.8. The second-order valence-corrected chi connectivity index (χ2v) is 5.93. The molecule has 1 aliphatic heterocycles. The monoisotopic (exact) mass is 327 g/mol. The van der Waals surface area contributed by atoms with Crippen LogP contribution in [0.1, 0.15) is 17.3 Å². The molecule has 0 bridgehead atoms. The summed E-state index contributed by atoms with van der Waals surface area (Å²) in [5.74, 6) is -0.585. The maximum atomic E-state index is 12.9. The van der Waals surface area contributed by atoms with E-state index in [-0.39, 0.29) is 11.7 Å².